The Morgan fingerprint density at radius 1 is 1.29 bits per heavy atom. The standard InChI is InChI=1S/C15H22N2/c1(3-14-4-2-8-16-12-14)5-15-11-13-6-9-17(15)10-7-13/h2,4,8,12-13,15H,1,3,5-7,9-11H2. The molecule has 92 valence electrons. The zero-order chi connectivity index (χ0) is 11.5. The number of nitrogens with zero attached hydrogens (tertiary/aromatic N) is 2. The predicted molar refractivity (Wildman–Crippen MR) is 69.9 cm³/mol. The van der Waals surface area contributed by atoms with Gasteiger partial charge in [0.05, 0.1) is 0 Å². The number of hydrogen-bond acceptors (Lipinski definition) is 2. The zero-order valence-corrected chi connectivity index (χ0v) is 10.5. The molecule has 3 fully saturated rings. The minimum absolute atomic E-state index is 0.888. The highest BCUT2D eigenvalue weighted by molar-refractivity contribution is 5.08. The maximum absolute atomic E-state index is 4.18. The van der Waals surface area contributed by atoms with E-state index in [0.717, 1.165) is 12.0 Å². The van der Waals surface area contributed by atoms with Crippen LogP contribution in [0.2, 0.25) is 0 Å². The lowest BCUT2D eigenvalue weighted by Crippen LogP contribution is -2.48. The molecule has 17 heavy (non-hydrogen) atoms. The monoisotopic (exact) mass is 230 g/mol. The van der Waals surface area contributed by atoms with Gasteiger partial charge in [0.2, 0.25) is 0 Å². The first-order valence-electron chi connectivity index (χ1n) is 7.05. The van der Waals surface area contributed by atoms with Gasteiger partial charge in [-0.15, -0.1) is 0 Å². The van der Waals surface area contributed by atoms with E-state index < -0.39 is 0 Å². The topological polar surface area (TPSA) is 16.1 Å². The summed E-state index contributed by atoms with van der Waals surface area (Å²) in [7, 11) is 0. The lowest BCUT2D eigenvalue weighted by molar-refractivity contribution is 0.0442. The second kappa shape index (κ2) is 5.18. The van der Waals surface area contributed by atoms with E-state index in [9.17, 15) is 0 Å². The Hall–Kier alpha value is -0.890. The van der Waals surface area contributed by atoms with Crippen LogP contribution in [0.25, 0.3) is 0 Å². The Bertz CT molecular complexity index is 341. The highest BCUT2D eigenvalue weighted by Gasteiger charge is 2.32. The zero-order valence-electron chi connectivity index (χ0n) is 10.5. The van der Waals surface area contributed by atoms with Crippen molar-refractivity contribution in [2.45, 2.75) is 44.6 Å². The molecule has 4 rings (SSSR count). The number of hydrogen-bond donors (Lipinski definition) is 0. The largest absolute Gasteiger partial charge is 0.300 e. The number of aromatic nitrogens is 1. The van der Waals surface area contributed by atoms with Gasteiger partial charge in [0.15, 0.2) is 0 Å². The maximum Gasteiger partial charge on any atom is 0.0299 e. The Morgan fingerprint density at radius 2 is 2.18 bits per heavy atom. The predicted octanol–water partition coefficient (Wildman–Crippen LogP) is 2.89. The summed E-state index contributed by atoms with van der Waals surface area (Å²) >= 11 is 0. The normalized spacial score (nSPS) is 31.6. The molecule has 0 spiro atoms. The molecule has 1 atom stereocenters. The molecule has 0 radical (unpaired) electrons. The van der Waals surface area contributed by atoms with Crippen LogP contribution in [-0.2, 0) is 6.42 Å². The summed E-state index contributed by atoms with van der Waals surface area (Å²) in [5.41, 5.74) is 1.39. The van der Waals surface area contributed by atoms with Crippen LogP contribution in [0, 0.1) is 5.92 Å². The maximum atomic E-state index is 4.18. The molecule has 3 aliphatic rings. The van der Waals surface area contributed by atoms with Gasteiger partial charge in [-0.05, 0) is 69.2 Å². The first-order valence-corrected chi connectivity index (χ1v) is 7.05. The quantitative estimate of drug-likeness (QED) is 0.790. The lowest BCUT2D eigenvalue weighted by Gasteiger charge is -2.45. The van der Waals surface area contributed by atoms with Crippen molar-refractivity contribution in [2.24, 2.45) is 5.92 Å². The van der Waals surface area contributed by atoms with E-state index >= 15 is 0 Å². The van der Waals surface area contributed by atoms with Gasteiger partial charge >= 0.3 is 0 Å². The van der Waals surface area contributed by atoms with Crippen molar-refractivity contribution in [3.8, 4) is 0 Å². The Morgan fingerprint density at radius 3 is 2.82 bits per heavy atom. The number of piperidine rings is 3. The van der Waals surface area contributed by atoms with Gasteiger partial charge < -0.3 is 4.90 Å². The Balaban J connectivity index is 1.46. The molecule has 4 heterocycles. The van der Waals surface area contributed by atoms with Crippen LogP contribution < -0.4 is 0 Å². The summed E-state index contributed by atoms with van der Waals surface area (Å²) in [6, 6.07) is 5.13. The number of aryl methyl sites for hydroxylation is 1. The van der Waals surface area contributed by atoms with Crippen LogP contribution in [0.15, 0.2) is 24.5 Å². The third kappa shape index (κ3) is 2.68. The van der Waals surface area contributed by atoms with Gasteiger partial charge in [0.25, 0.3) is 0 Å². The van der Waals surface area contributed by atoms with Crippen molar-refractivity contribution in [1.29, 1.82) is 0 Å². The van der Waals surface area contributed by atoms with E-state index in [1.807, 2.05) is 18.5 Å². The molecule has 0 N–H and O–H groups in total. The molecule has 0 amide bonds. The number of rotatable bonds is 4. The molecule has 1 aromatic heterocycles. The van der Waals surface area contributed by atoms with Crippen molar-refractivity contribution in [3.05, 3.63) is 30.1 Å². The van der Waals surface area contributed by atoms with Crippen LogP contribution in [0.1, 0.15) is 37.7 Å². The van der Waals surface area contributed by atoms with Gasteiger partial charge in [-0.25, -0.2) is 0 Å². The second-order valence-corrected chi connectivity index (χ2v) is 5.62. The van der Waals surface area contributed by atoms with Crippen LogP contribution >= 0.6 is 0 Å². The molecule has 2 heteroatoms. The summed E-state index contributed by atoms with van der Waals surface area (Å²) in [5, 5.41) is 0. The van der Waals surface area contributed by atoms with Gasteiger partial charge in [-0.3, -0.25) is 4.98 Å². The van der Waals surface area contributed by atoms with E-state index in [-0.39, 0.29) is 0 Å². The summed E-state index contributed by atoms with van der Waals surface area (Å²) in [6.45, 7) is 2.73. The lowest BCUT2D eigenvalue weighted by atomic mass is 9.81. The van der Waals surface area contributed by atoms with Gasteiger partial charge in [-0.1, -0.05) is 6.07 Å². The van der Waals surface area contributed by atoms with Crippen molar-refractivity contribution in [3.63, 3.8) is 0 Å². The van der Waals surface area contributed by atoms with Crippen molar-refractivity contribution < 1.29 is 0 Å². The average molecular weight is 230 g/mol. The second-order valence-electron chi connectivity index (χ2n) is 5.62. The van der Waals surface area contributed by atoms with Crippen LogP contribution in [-0.4, -0.2) is 29.0 Å². The Kier molecular flexibility index (Phi) is 3.41. The van der Waals surface area contributed by atoms with Crippen molar-refractivity contribution in [1.82, 2.24) is 9.88 Å². The van der Waals surface area contributed by atoms with Gasteiger partial charge in [0.1, 0.15) is 0 Å². The molecule has 0 saturated carbocycles. The molecule has 3 saturated heterocycles. The molecular weight excluding hydrogens is 208 g/mol. The molecule has 0 aliphatic carbocycles. The van der Waals surface area contributed by atoms with E-state index in [4.69, 9.17) is 0 Å². The fourth-order valence-electron chi connectivity index (χ4n) is 3.48. The SMILES string of the molecule is c1cncc(CCCC2CC3CCN2CC3)c1. The van der Waals surface area contributed by atoms with Gasteiger partial charge in [-0.2, -0.15) is 0 Å². The van der Waals surface area contributed by atoms with Gasteiger partial charge in [0, 0.05) is 18.4 Å². The molecule has 2 bridgehead atoms. The average Bonchev–Trinajstić information content (AvgIpc) is 2.41. The number of pyridine rings is 1. The molecular formula is C15H22N2. The minimum Gasteiger partial charge on any atom is -0.300 e. The molecule has 1 aromatic rings. The van der Waals surface area contributed by atoms with Crippen LogP contribution in [0.3, 0.4) is 0 Å². The minimum atomic E-state index is 0.888. The first-order chi connectivity index (χ1) is 8.42. The highest BCUT2D eigenvalue weighted by Crippen LogP contribution is 2.33. The van der Waals surface area contributed by atoms with E-state index in [2.05, 4.69) is 16.0 Å². The summed E-state index contributed by atoms with van der Waals surface area (Å²) < 4.78 is 0. The molecule has 3 aliphatic heterocycles. The first kappa shape index (κ1) is 11.2. The Labute approximate surface area is 104 Å². The number of fused-ring (bicyclic) bond motifs is 3. The van der Waals surface area contributed by atoms with Crippen molar-refractivity contribution in [2.75, 3.05) is 13.1 Å². The third-order valence-electron chi connectivity index (χ3n) is 4.50. The highest BCUT2D eigenvalue weighted by atomic mass is 15.2. The fourth-order valence-corrected chi connectivity index (χ4v) is 3.48. The summed E-state index contributed by atoms with van der Waals surface area (Å²) in [6.07, 6.45) is 12.1. The third-order valence-corrected chi connectivity index (χ3v) is 4.50. The summed E-state index contributed by atoms with van der Waals surface area (Å²) in [5.74, 6) is 1.04. The van der Waals surface area contributed by atoms with E-state index in [1.54, 1.807) is 0 Å². The smallest absolute Gasteiger partial charge is 0.0299 e. The van der Waals surface area contributed by atoms with Crippen LogP contribution in [0.5, 0.6) is 0 Å². The van der Waals surface area contributed by atoms with E-state index in [0.29, 0.717) is 0 Å². The fraction of sp³-hybridized carbons (Fsp3) is 0.667. The van der Waals surface area contributed by atoms with E-state index in [1.165, 1.54) is 57.2 Å². The molecule has 2 nitrogen and oxygen atoms in total. The van der Waals surface area contributed by atoms with Crippen molar-refractivity contribution >= 4 is 0 Å². The molecule has 0 aromatic carbocycles. The van der Waals surface area contributed by atoms with Crippen LogP contribution in [0.4, 0.5) is 0 Å². The molecule has 1 unspecified atom stereocenters. The summed E-state index contributed by atoms with van der Waals surface area (Å²) in [4.78, 5) is 6.90.